The number of aromatic nitrogens is 1. The summed E-state index contributed by atoms with van der Waals surface area (Å²) in [5, 5.41) is 0. The fourth-order valence-corrected chi connectivity index (χ4v) is 1.49. The Morgan fingerprint density at radius 3 is 2.12 bits per heavy atom. The number of hydrogen-bond acceptors (Lipinski definition) is 3. The predicted octanol–water partition coefficient (Wildman–Crippen LogP) is 1.52. The van der Waals surface area contributed by atoms with E-state index >= 15 is 0 Å². The van der Waals surface area contributed by atoms with Gasteiger partial charge in [0.2, 0.25) is 0 Å². The van der Waals surface area contributed by atoms with Crippen LogP contribution in [0.4, 0.5) is 4.39 Å². The first-order chi connectivity index (χ1) is 7.32. The first kappa shape index (κ1) is 11.5. The molecule has 1 aliphatic rings. The molecule has 0 spiro atoms. The Labute approximate surface area is 95.1 Å². The number of rotatable bonds is 1. The van der Waals surface area contributed by atoms with Gasteiger partial charge in [0.1, 0.15) is 5.82 Å². The second kappa shape index (κ2) is 3.53. The number of nitrogens with zero attached hydrogens (tertiary/aromatic N) is 1. The third kappa shape index (κ3) is 1.85. The highest BCUT2D eigenvalue weighted by molar-refractivity contribution is 6.61. The van der Waals surface area contributed by atoms with Crippen molar-refractivity contribution in [2.24, 2.45) is 0 Å². The topological polar surface area (TPSA) is 31.4 Å². The van der Waals surface area contributed by atoms with Crippen LogP contribution in [0.25, 0.3) is 0 Å². The summed E-state index contributed by atoms with van der Waals surface area (Å²) in [6.45, 7) is 7.88. The Morgan fingerprint density at radius 1 is 1.12 bits per heavy atom. The Morgan fingerprint density at radius 2 is 1.69 bits per heavy atom. The van der Waals surface area contributed by atoms with Crippen molar-refractivity contribution in [3.63, 3.8) is 0 Å². The number of pyridine rings is 1. The molecule has 1 aromatic heterocycles. The van der Waals surface area contributed by atoms with Gasteiger partial charge in [-0.2, -0.15) is 0 Å². The molecule has 16 heavy (non-hydrogen) atoms. The van der Waals surface area contributed by atoms with E-state index in [0.29, 0.717) is 5.59 Å². The van der Waals surface area contributed by atoms with Gasteiger partial charge in [-0.3, -0.25) is 4.98 Å². The smallest absolute Gasteiger partial charge is 0.398 e. The molecule has 0 radical (unpaired) electrons. The van der Waals surface area contributed by atoms with E-state index in [1.165, 1.54) is 12.3 Å². The third-order valence-corrected chi connectivity index (χ3v) is 3.25. The van der Waals surface area contributed by atoms with Crippen molar-refractivity contribution in [2.75, 3.05) is 0 Å². The minimum atomic E-state index is -0.523. The molecule has 2 rings (SSSR count). The van der Waals surface area contributed by atoms with Gasteiger partial charge in [0.25, 0.3) is 0 Å². The van der Waals surface area contributed by atoms with Crippen LogP contribution < -0.4 is 5.59 Å². The fraction of sp³-hybridized carbons (Fsp3) is 0.545. The Bertz CT molecular complexity index is 375. The monoisotopic (exact) mass is 223 g/mol. The largest absolute Gasteiger partial charge is 0.514 e. The Kier molecular flexibility index (Phi) is 2.55. The summed E-state index contributed by atoms with van der Waals surface area (Å²) >= 11 is 0. The molecule has 0 unspecified atom stereocenters. The molecule has 0 aromatic carbocycles. The molecule has 5 heteroatoms. The van der Waals surface area contributed by atoms with Crippen LogP contribution in [-0.4, -0.2) is 23.3 Å². The molecule has 1 saturated heterocycles. The zero-order valence-corrected chi connectivity index (χ0v) is 9.95. The van der Waals surface area contributed by atoms with Crippen molar-refractivity contribution in [1.29, 1.82) is 0 Å². The Balaban J connectivity index is 2.23. The van der Waals surface area contributed by atoms with Gasteiger partial charge >= 0.3 is 7.12 Å². The van der Waals surface area contributed by atoms with Gasteiger partial charge < -0.3 is 9.31 Å². The molecule has 0 bridgehead atoms. The van der Waals surface area contributed by atoms with Crippen LogP contribution in [0.3, 0.4) is 0 Å². The zero-order chi connectivity index (χ0) is 12.0. The lowest BCUT2D eigenvalue weighted by molar-refractivity contribution is 0.00578. The average molecular weight is 223 g/mol. The molecule has 1 aliphatic heterocycles. The van der Waals surface area contributed by atoms with Crippen molar-refractivity contribution in [2.45, 2.75) is 38.9 Å². The van der Waals surface area contributed by atoms with E-state index in [9.17, 15) is 4.39 Å². The minimum absolute atomic E-state index is 0.361. The summed E-state index contributed by atoms with van der Waals surface area (Å²) in [6, 6.07) is 2.94. The van der Waals surface area contributed by atoms with Gasteiger partial charge in [-0.15, -0.1) is 0 Å². The summed E-state index contributed by atoms with van der Waals surface area (Å²) in [5.74, 6) is -0.361. The van der Waals surface area contributed by atoms with Crippen LogP contribution in [0.2, 0.25) is 0 Å². The highest BCUT2D eigenvalue weighted by atomic mass is 19.1. The normalized spacial score (nSPS) is 22.4. The quantitative estimate of drug-likeness (QED) is 0.676. The van der Waals surface area contributed by atoms with Crippen molar-refractivity contribution in [3.8, 4) is 0 Å². The van der Waals surface area contributed by atoms with Gasteiger partial charge in [-0.1, -0.05) is 0 Å². The van der Waals surface area contributed by atoms with Crippen LogP contribution in [0.5, 0.6) is 0 Å². The highest BCUT2D eigenvalue weighted by Crippen LogP contribution is 2.36. The number of hydrogen-bond donors (Lipinski definition) is 0. The van der Waals surface area contributed by atoms with Crippen LogP contribution in [-0.2, 0) is 9.31 Å². The van der Waals surface area contributed by atoms with E-state index in [2.05, 4.69) is 4.98 Å². The van der Waals surface area contributed by atoms with E-state index in [4.69, 9.17) is 9.31 Å². The molecule has 0 saturated carbocycles. The summed E-state index contributed by atoms with van der Waals surface area (Å²) in [7, 11) is -0.523. The molecule has 0 aliphatic carbocycles. The number of halogens is 1. The molecule has 3 nitrogen and oxygen atoms in total. The maximum atomic E-state index is 12.7. The molecular weight excluding hydrogens is 208 g/mol. The minimum Gasteiger partial charge on any atom is -0.398 e. The van der Waals surface area contributed by atoms with E-state index < -0.39 is 18.3 Å². The van der Waals surface area contributed by atoms with E-state index in [1.807, 2.05) is 27.7 Å². The van der Waals surface area contributed by atoms with Gasteiger partial charge in [0.15, 0.2) is 0 Å². The van der Waals surface area contributed by atoms with Crippen molar-refractivity contribution >= 4 is 12.7 Å². The van der Waals surface area contributed by atoms with Crippen LogP contribution >= 0.6 is 0 Å². The maximum Gasteiger partial charge on any atom is 0.514 e. The molecule has 0 N–H and O–H groups in total. The molecular formula is C11H15BFNO2. The van der Waals surface area contributed by atoms with E-state index in [1.54, 1.807) is 6.07 Å². The van der Waals surface area contributed by atoms with E-state index in [-0.39, 0.29) is 5.82 Å². The molecule has 1 aromatic rings. The molecule has 2 heterocycles. The van der Waals surface area contributed by atoms with E-state index in [0.717, 1.165) is 0 Å². The highest BCUT2D eigenvalue weighted by Gasteiger charge is 2.52. The average Bonchev–Trinajstić information content (AvgIpc) is 2.37. The van der Waals surface area contributed by atoms with Crippen molar-refractivity contribution in [1.82, 2.24) is 4.98 Å². The van der Waals surface area contributed by atoms with Crippen LogP contribution in [0.15, 0.2) is 18.3 Å². The summed E-state index contributed by atoms with van der Waals surface area (Å²) in [5.41, 5.74) is -0.193. The van der Waals surface area contributed by atoms with Crippen molar-refractivity contribution in [3.05, 3.63) is 24.1 Å². The van der Waals surface area contributed by atoms with Gasteiger partial charge in [0.05, 0.1) is 23.0 Å². The standard InChI is InChI=1S/C11H15BFNO2/c1-10(2)11(3,4)16-12(15-10)9-6-5-8(13)7-14-9/h5-7H,1-4H3. The molecule has 86 valence electrons. The summed E-state index contributed by atoms with van der Waals surface area (Å²) < 4.78 is 24.3. The van der Waals surface area contributed by atoms with Gasteiger partial charge in [0, 0.05) is 0 Å². The second-order valence-corrected chi connectivity index (χ2v) is 4.99. The lowest BCUT2D eigenvalue weighted by atomic mass is 9.84. The van der Waals surface area contributed by atoms with Gasteiger partial charge in [-0.25, -0.2) is 4.39 Å². The predicted molar refractivity (Wildman–Crippen MR) is 59.9 cm³/mol. The third-order valence-electron chi connectivity index (χ3n) is 3.25. The summed E-state index contributed by atoms with van der Waals surface area (Å²) in [6.07, 6.45) is 1.17. The molecule has 1 fully saturated rings. The summed E-state index contributed by atoms with van der Waals surface area (Å²) in [4.78, 5) is 3.97. The lowest BCUT2D eigenvalue weighted by Gasteiger charge is -2.32. The second-order valence-electron chi connectivity index (χ2n) is 4.99. The zero-order valence-electron chi connectivity index (χ0n) is 9.95. The fourth-order valence-electron chi connectivity index (χ4n) is 1.49. The molecule has 0 amide bonds. The van der Waals surface area contributed by atoms with Crippen molar-refractivity contribution < 1.29 is 13.7 Å². The maximum absolute atomic E-state index is 12.7. The van der Waals surface area contributed by atoms with Gasteiger partial charge in [-0.05, 0) is 39.8 Å². The first-order valence-electron chi connectivity index (χ1n) is 5.29. The first-order valence-corrected chi connectivity index (χ1v) is 5.29. The van der Waals surface area contributed by atoms with Crippen LogP contribution in [0, 0.1) is 5.82 Å². The lowest BCUT2D eigenvalue weighted by Crippen LogP contribution is -2.41. The molecule has 0 atom stereocenters. The SMILES string of the molecule is CC1(C)OB(c2ccc(F)cn2)OC1(C)C. The van der Waals surface area contributed by atoms with Crippen LogP contribution in [0.1, 0.15) is 27.7 Å². The Hall–Kier alpha value is -0.935.